The summed E-state index contributed by atoms with van der Waals surface area (Å²) >= 11 is 6.19. The van der Waals surface area contributed by atoms with Gasteiger partial charge in [0.1, 0.15) is 0 Å². The molecule has 1 N–H and O–H groups in total. The van der Waals surface area contributed by atoms with Crippen molar-refractivity contribution in [3.8, 4) is 0 Å². The van der Waals surface area contributed by atoms with E-state index in [1.54, 1.807) is 6.07 Å². The van der Waals surface area contributed by atoms with Gasteiger partial charge in [-0.3, -0.25) is 4.79 Å². The monoisotopic (exact) mass is 346 g/mol. The molecular weight excluding hydrogens is 324 g/mol. The number of amides is 1. The second-order valence-electron chi connectivity index (χ2n) is 7.09. The summed E-state index contributed by atoms with van der Waals surface area (Å²) in [6.45, 7) is 4.63. The molecule has 0 spiro atoms. The van der Waals surface area contributed by atoms with Crippen LogP contribution in [-0.2, 0) is 0 Å². The van der Waals surface area contributed by atoms with E-state index < -0.39 is 0 Å². The topological polar surface area (TPSA) is 45.5 Å². The zero-order valence-corrected chi connectivity index (χ0v) is 14.7. The number of carbonyl (C=O) groups excluding carboxylic acids is 1. The number of para-hydroxylation sites is 1. The number of halogens is 1. The number of nitrogens with zero attached hydrogens (tertiary/aromatic N) is 1. The third-order valence-corrected chi connectivity index (χ3v) is 5.58. The predicted octanol–water partition coefficient (Wildman–Crippen LogP) is 4.00. The molecule has 1 saturated heterocycles. The summed E-state index contributed by atoms with van der Waals surface area (Å²) in [6.07, 6.45) is 4.77. The van der Waals surface area contributed by atoms with Gasteiger partial charge in [-0.1, -0.05) is 23.7 Å². The Kier molecular flexibility index (Phi) is 4.27. The molecule has 0 radical (unpaired) electrons. The quantitative estimate of drug-likeness (QED) is 0.910. The van der Waals surface area contributed by atoms with Crippen molar-refractivity contribution < 1.29 is 9.21 Å². The molecule has 0 atom stereocenters. The Hall–Kier alpha value is -1.52. The normalized spacial score (nSPS) is 19.2. The summed E-state index contributed by atoms with van der Waals surface area (Å²) in [5, 5.41) is 5.12. The summed E-state index contributed by atoms with van der Waals surface area (Å²) < 4.78 is 5.82. The largest absolute Gasteiger partial charge is 0.449 e. The Morgan fingerprint density at radius 3 is 2.71 bits per heavy atom. The van der Waals surface area contributed by atoms with Crippen molar-refractivity contribution in [1.82, 2.24) is 10.2 Å². The van der Waals surface area contributed by atoms with Crippen LogP contribution < -0.4 is 5.32 Å². The van der Waals surface area contributed by atoms with Crippen LogP contribution in [0.2, 0.25) is 5.02 Å². The minimum atomic E-state index is -0.0135. The number of rotatable bonds is 4. The fraction of sp³-hybridized carbons (Fsp3) is 0.526. The Balaban J connectivity index is 1.44. The lowest BCUT2D eigenvalue weighted by Gasteiger charge is -2.32. The highest BCUT2D eigenvalue weighted by Gasteiger charge is 2.29. The number of carbonyl (C=O) groups is 1. The molecule has 2 aliphatic rings. The fourth-order valence-electron chi connectivity index (χ4n) is 3.50. The number of fused-ring (bicyclic) bond motifs is 1. The van der Waals surface area contributed by atoms with Crippen molar-refractivity contribution in [3.05, 3.63) is 34.5 Å². The van der Waals surface area contributed by atoms with E-state index in [2.05, 4.69) is 5.32 Å². The Morgan fingerprint density at radius 2 is 2.04 bits per heavy atom. The number of likely N-dealkylation sites (tertiary alicyclic amines) is 1. The molecule has 2 fully saturated rings. The van der Waals surface area contributed by atoms with Gasteiger partial charge in [-0.15, -0.1) is 0 Å². The van der Waals surface area contributed by atoms with Crippen LogP contribution in [0.25, 0.3) is 11.0 Å². The average Bonchev–Trinajstić information content (AvgIpc) is 3.37. The molecule has 0 bridgehead atoms. The first-order valence-corrected chi connectivity index (χ1v) is 9.21. The van der Waals surface area contributed by atoms with Crippen LogP contribution in [0.3, 0.4) is 0 Å². The van der Waals surface area contributed by atoms with E-state index in [9.17, 15) is 4.79 Å². The van der Waals surface area contributed by atoms with E-state index in [0.717, 1.165) is 49.3 Å². The third-order valence-electron chi connectivity index (χ3n) is 5.28. The lowest BCUT2D eigenvalue weighted by Crippen LogP contribution is -2.45. The third kappa shape index (κ3) is 3.05. The standard InChI is InChI=1S/C19H23ClN2O2/c1-12-15-3-2-4-16(20)18(15)24-17(12)19(23)22-9-7-14(8-10-22)21-11-13-5-6-13/h2-4,13-14,21H,5-11H2,1H3. The summed E-state index contributed by atoms with van der Waals surface area (Å²) in [5.74, 6) is 1.32. The number of piperidine rings is 1. The van der Waals surface area contributed by atoms with E-state index >= 15 is 0 Å². The number of hydrogen-bond acceptors (Lipinski definition) is 3. The van der Waals surface area contributed by atoms with Gasteiger partial charge >= 0.3 is 0 Å². The van der Waals surface area contributed by atoms with Gasteiger partial charge in [0.05, 0.1) is 5.02 Å². The molecule has 4 nitrogen and oxygen atoms in total. The van der Waals surface area contributed by atoms with Crippen molar-refractivity contribution in [2.75, 3.05) is 19.6 Å². The SMILES string of the molecule is Cc1c(C(=O)N2CCC(NCC3CC3)CC2)oc2c(Cl)cccc12. The summed E-state index contributed by atoms with van der Waals surface area (Å²) in [4.78, 5) is 14.8. The minimum Gasteiger partial charge on any atom is -0.449 e. The summed E-state index contributed by atoms with van der Waals surface area (Å²) in [5.41, 5.74) is 1.49. The zero-order valence-electron chi connectivity index (χ0n) is 14.0. The molecular formula is C19H23ClN2O2. The van der Waals surface area contributed by atoms with Crippen molar-refractivity contribution in [2.45, 2.75) is 38.6 Å². The molecule has 1 aliphatic carbocycles. The zero-order chi connectivity index (χ0) is 16.7. The first kappa shape index (κ1) is 16.0. The van der Waals surface area contributed by atoms with E-state index in [4.69, 9.17) is 16.0 Å². The maximum atomic E-state index is 12.9. The lowest BCUT2D eigenvalue weighted by atomic mass is 10.0. The molecule has 128 valence electrons. The smallest absolute Gasteiger partial charge is 0.289 e. The predicted molar refractivity (Wildman–Crippen MR) is 95.6 cm³/mol. The van der Waals surface area contributed by atoms with Gasteiger partial charge < -0.3 is 14.6 Å². The van der Waals surface area contributed by atoms with Gasteiger partial charge in [-0.2, -0.15) is 0 Å². The van der Waals surface area contributed by atoms with Crippen molar-refractivity contribution >= 4 is 28.5 Å². The van der Waals surface area contributed by atoms with Crippen LogP contribution in [0.4, 0.5) is 0 Å². The second kappa shape index (κ2) is 6.41. The molecule has 1 aliphatic heterocycles. The number of hydrogen-bond donors (Lipinski definition) is 1. The van der Waals surface area contributed by atoms with Crippen LogP contribution in [0.15, 0.2) is 22.6 Å². The van der Waals surface area contributed by atoms with E-state index in [1.165, 1.54) is 12.8 Å². The number of benzene rings is 1. The molecule has 1 aromatic heterocycles. The molecule has 5 heteroatoms. The number of furan rings is 1. The highest BCUT2D eigenvalue weighted by molar-refractivity contribution is 6.35. The second-order valence-corrected chi connectivity index (χ2v) is 7.50. The van der Waals surface area contributed by atoms with Gasteiger partial charge in [0.2, 0.25) is 0 Å². The lowest BCUT2D eigenvalue weighted by molar-refractivity contribution is 0.0674. The van der Waals surface area contributed by atoms with E-state index in [1.807, 2.05) is 24.0 Å². The molecule has 1 aromatic carbocycles. The van der Waals surface area contributed by atoms with Crippen LogP contribution >= 0.6 is 11.6 Å². The molecule has 0 unspecified atom stereocenters. The van der Waals surface area contributed by atoms with Crippen LogP contribution in [-0.4, -0.2) is 36.5 Å². The first-order valence-electron chi connectivity index (χ1n) is 8.83. The number of nitrogens with one attached hydrogen (secondary N) is 1. The molecule has 4 rings (SSSR count). The van der Waals surface area contributed by atoms with Gasteiger partial charge in [0.15, 0.2) is 11.3 Å². The molecule has 2 heterocycles. The molecule has 24 heavy (non-hydrogen) atoms. The average molecular weight is 347 g/mol. The van der Waals surface area contributed by atoms with Gasteiger partial charge in [-0.05, 0) is 51.1 Å². The molecule has 1 amide bonds. The summed E-state index contributed by atoms with van der Waals surface area (Å²) in [7, 11) is 0. The highest BCUT2D eigenvalue weighted by Crippen LogP contribution is 2.32. The van der Waals surface area contributed by atoms with Crippen molar-refractivity contribution in [1.29, 1.82) is 0 Å². The Labute approximate surface area is 147 Å². The highest BCUT2D eigenvalue weighted by atomic mass is 35.5. The molecule has 2 aromatic rings. The maximum absolute atomic E-state index is 12.9. The van der Waals surface area contributed by atoms with Crippen molar-refractivity contribution in [3.63, 3.8) is 0 Å². The van der Waals surface area contributed by atoms with E-state index in [-0.39, 0.29) is 5.91 Å². The van der Waals surface area contributed by atoms with Gasteiger partial charge in [-0.25, -0.2) is 0 Å². The van der Waals surface area contributed by atoms with Crippen LogP contribution in [0.5, 0.6) is 0 Å². The first-order chi connectivity index (χ1) is 11.6. The Morgan fingerprint density at radius 1 is 1.29 bits per heavy atom. The Bertz CT molecular complexity index is 758. The summed E-state index contributed by atoms with van der Waals surface area (Å²) in [6, 6.07) is 6.17. The maximum Gasteiger partial charge on any atom is 0.289 e. The van der Waals surface area contributed by atoms with E-state index in [0.29, 0.717) is 22.4 Å². The number of aryl methyl sites for hydroxylation is 1. The molecule has 1 saturated carbocycles. The van der Waals surface area contributed by atoms with Gasteiger partial charge in [0.25, 0.3) is 5.91 Å². The van der Waals surface area contributed by atoms with Crippen LogP contribution in [0, 0.1) is 12.8 Å². The minimum absolute atomic E-state index is 0.0135. The fourth-order valence-corrected chi connectivity index (χ4v) is 3.71. The van der Waals surface area contributed by atoms with Gasteiger partial charge in [0, 0.05) is 30.1 Å². The van der Waals surface area contributed by atoms with Crippen LogP contribution in [0.1, 0.15) is 41.8 Å². The van der Waals surface area contributed by atoms with Crippen molar-refractivity contribution in [2.24, 2.45) is 5.92 Å².